The van der Waals surface area contributed by atoms with Crippen LogP contribution in [0.25, 0.3) is 33.5 Å². The minimum Gasteiger partial charge on any atom is -0.497 e. The molecular weight excluding hydrogens is 372 g/mol. The van der Waals surface area contributed by atoms with Gasteiger partial charge in [-0.3, -0.25) is 14.2 Å². The van der Waals surface area contributed by atoms with Crippen LogP contribution in [0.2, 0.25) is 0 Å². The van der Waals surface area contributed by atoms with Crippen molar-refractivity contribution in [2.24, 2.45) is 0 Å². The van der Waals surface area contributed by atoms with Crippen LogP contribution in [0.1, 0.15) is 0 Å². The molecule has 7 nitrogen and oxygen atoms in total. The molecule has 2 aromatic carbocycles. The highest BCUT2D eigenvalue weighted by Gasteiger charge is 2.18. The number of aromatic nitrogens is 2. The molecule has 0 aliphatic rings. The number of nitrogens with zero attached hydrogens (tertiary/aromatic N) is 2. The molecule has 4 aromatic rings. The van der Waals surface area contributed by atoms with Crippen LogP contribution in [-0.4, -0.2) is 23.8 Å². The van der Waals surface area contributed by atoms with Crippen molar-refractivity contribution in [2.45, 2.75) is 6.54 Å². The number of hydrogen-bond donors (Lipinski definition) is 0. The van der Waals surface area contributed by atoms with Gasteiger partial charge in [-0.1, -0.05) is 6.08 Å². The number of benzene rings is 2. The monoisotopic (exact) mass is 390 g/mol. The largest absolute Gasteiger partial charge is 0.497 e. The predicted octanol–water partition coefficient (Wildman–Crippen LogP) is 3.37. The van der Waals surface area contributed by atoms with E-state index in [0.717, 1.165) is 0 Å². The Morgan fingerprint density at radius 3 is 2.41 bits per heavy atom. The zero-order valence-electron chi connectivity index (χ0n) is 16.0. The zero-order valence-corrected chi connectivity index (χ0v) is 16.0. The first-order chi connectivity index (χ1) is 14.1. The molecule has 4 rings (SSSR count). The maximum Gasteiger partial charge on any atom is 0.269 e. The van der Waals surface area contributed by atoms with Crippen LogP contribution in [0.15, 0.2) is 69.1 Å². The third-order valence-electron chi connectivity index (χ3n) is 4.66. The molecule has 0 atom stereocenters. The quantitative estimate of drug-likeness (QED) is 0.384. The third-order valence-corrected chi connectivity index (χ3v) is 4.66. The van der Waals surface area contributed by atoms with Gasteiger partial charge in [-0.2, -0.15) is 4.98 Å². The zero-order chi connectivity index (χ0) is 20.5. The summed E-state index contributed by atoms with van der Waals surface area (Å²) in [6, 6.07) is 11.9. The van der Waals surface area contributed by atoms with Gasteiger partial charge < -0.3 is 13.9 Å². The van der Waals surface area contributed by atoms with Gasteiger partial charge in [-0.25, -0.2) is 0 Å². The van der Waals surface area contributed by atoms with E-state index in [4.69, 9.17) is 13.9 Å². The molecule has 7 heteroatoms. The molecule has 0 spiro atoms. The molecule has 2 heterocycles. The van der Waals surface area contributed by atoms with E-state index in [2.05, 4.69) is 11.6 Å². The molecular formula is C22H18N2O5. The van der Waals surface area contributed by atoms with E-state index in [0.29, 0.717) is 33.9 Å². The number of ether oxygens (including phenoxy) is 2. The normalized spacial score (nSPS) is 11.0. The van der Waals surface area contributed by atoms with Crippen LogP contribution in [0.5, 0.6) is 11.5 Å². The van der Waals surface area contributed by atoms with Crippen LogP contribution >= 0.6 is 0 Å². The molecule has 0 saturated heterocycles. The molecule has 146 valence electrons. The van der Waals surface area contributed by atoms with Gasteiger partial charge in [0, 0.05) is 18.2 Å². The SMILES string of the molecule is C=CCn1c(-c2ccc(OC)cc2)nc2oc3cc(OC)ccc3c(=O)c2c1=O. The smallest absolute Gasteiger partial charge is 0.269 e. The summed E-state index contributed by atoms with van der Waals surface area (Å²) in [4.78, 5) is 30.7. The van der Waals surface area contributed by atoms with E-state index in [1.54, 1.807) is 55.7 Å². The van der Waals surface area contributed by atoms with Crippen molar-refractivity contribution >= 4 is 22.1 Å². The Balaban J connectivity index is 2.08. The van der Waals surface area contributed by atoms with Crippen LogP contribution < -0.4 is 20.5 Å². The van der Waals surface area contributed by atoms with Gasteiger partial charge in [0.1, 0.15) is 22.9 Å². The standard InChI is InChI=1S/C22H18N2O5/c1-4-11-24-20(13-5-7-14(27-2)8-6-13)23-21-18(22(24)26)19(25)16-10-9-15(28-3)12-17(16)29-21/h4-10,12H,1,11H2,2-3H3. The lowest BCUT2D eigenvalue weighted by Gasteiger charge is -2.12. The highest BCUT2D eigenvalue weighted by molar-refractivity contribution is 5.89. The average Bonchev–Trinajstić information content (AvgIpc) is 2.75. The number of hydrogen-bond acceptors (Lipinski definition) is 6. The predicted molar refractivity (Wildman–Crippen MR) is 111 cm³/mol. The Morgan fingerprint density at radius 1 is 1.07 bits per heavy atom. The molecule has 0 N–H and O–H groups in total. The highest BCUT2D eigenvalue weighted by Crippen LogP contribution is 2.24. The summed E-state index contributed by atoms with van der Waals surface area (Å²) >= 11 is 0. The van der Waals surface area contributed by atoms with E-state index in [1.807, 2.05) is 0 Å². The summed E-state index contributed by atoms with van der Waals surface area (Å²) in [5.74, 6) is 1.59. The first-order valence-corrected chi connectivity index (χ1v) is 8.88. The van der Waals surface area contributed by atoms with Crippen LogP contribution in [0, 0.1) is 0 Å². The fourth-order valence-electron chi connectivity index (χ4n) is 3.20. The summed E-state index contributed by atoms with van der Waals surface area (Å²) in [5, 5.41) is 0.196. The molecule has 0 fully saturated rings. The van der Waals surface area contributed by atoms with Crippen molar-refractivity contribution in [3.05, 3.63) is 75.7 Å². The fourth-order valence-corrected chi connectivity index (χ4v) is 3.20. The molecule has 0 radical (unpaired) electrons. The van der Waals surface area contributed by atoms with Crippen molar-refractivity contribution in [1.29, 1.82) is 0 Å². The first kappa shape index (κ1) is 18.5. The lowest BCUT2D eigenvalue weighted by molar-refractivity contribution is 0.414. The maximum absolute atomic E-state index is 13.2. The summed E-state index contributed by atoms with van der Waals surface area (Å²) in [6.07, 6.45) is 1.58. The van der Waals surface area contributed by atoms with Gasteiger partial charge >= 0.3 is 0 Å². The minimum absolute atomic E-state index is 0.0214. The molecule has 0 bridgehead atoms. The van der Waals surface area contributed by atoms with Gasteiger partial charge in [0.05, 0.1) is 19.6 Å². The number of methoxy groups -OCH3 is 2. The number of fused-ring (bicyclic) bond motifs is 2. The molecule has 0 amide bonds. The average molecular weight is 390 g/mol. The second-order valence-electron chi connectivity index (χ2n) is 6.34. The van der Waals surface area contributed by atoms with Crippen LogP contribution in [0.4, 0.5) is 0 Å². The Bertz CT molecular complexity index is 1350. The van der Waals surface area contributed by atoms with Crippen LogP contribution in [-0.2, 0) is 6.54 Å². The van der Waals surface area contributed by atoms with E-state index in [9.17, 15) is 9.59 Å². The molecule has 0 saturated carbocycles. The van der Waals surface area contributed by atoms with Crippen LogP contribution in [0.3, 0.4) is 0 Å². The fraction of sp³-hybridized carbons (Fsp3) is 0.136. The molecule has 29 heavy (non-hydrogen) atoms. The minimum atomic E-state index is -0.479. The Morgan fingerprint density at radius 2 is 1.76 bits per heavy atom. The van der Waals surface area contributed by atoms with Gasteiger partial charge in [0.2, 0.25) is 11.1 Å². The van der Waals surface area contributed by atoms with Crippen molar-refractivity contribution in [1.82, 2.24) is 9.55 Å². The van der Waals surface area contributed by atoms with Crippen molar-refractivity contribution in [3.63, 3.8) is 0 Å². The van der Waals surface area contributed by atoms with E-state index in [-0.39, 0.29) is 17.6 Å². The molecule has 0 unspecified atom stereocenters. The lowest BCUT2D eigenvalue weighted by atomic mass is 10.1. The van der Waals surface area contributed by atoms with Crippen molar-refractivity contribution in [3.8, 4) is 22.9 Å². The summed E-state index contributed by atoms with van der Waals surface area (Å²) in [6.45, 7) is 3.91. The van der Waals surface area contributed by atoms with Gasteiger partial charge in [-0.05, 0) is 36.4 Å². The summed E-state index contributed by atoms with van der Waals surface area (Å²) in [7, 11) is 3.10. The second kappa shape index (κ2) is 7.27. The molecule has 0 aliphatic carbocycles. The second-order valence-corrected chi connectivity index (χ2v) is 6.34. The van der Waals surface area contributed by atoms with E-state index in [1.165, 1.54) is 11.7 Å². The first-order valence-electron chi connectivity index (χ1n) is 8.88. The molecule has 0 aliphatic heterocycles. The van der Waals surface area contributed by atoms with Gasteiger partial charge in [0.25, 0.3) is 5.56 Å². The third kappa shape index (κ3) is 3.06. The van der Waals surface area contributed by atoms with E-state index < -0.39 is 11.0 Å². The Labute approximate surface area is 165 Å². The Hall–Kier alpha value is -3.87. The Kier molecular flexibility index (Phi) is 4.64. The topological polar surface area (TPSA) is 83.6 Å². The van der Waals surface area contributed by atoms with Crippen molar-refractivity contribution < 1.29 is 13.9 Å². The molecule has 2 aromatic heterocycles. The van der Waals surface area contributed by atoms with Crippen molar-refractivity contribution in [2.75, 3.05) is 14.2 Å². The van der Waals surface area contributed by atoms with Gasteiger partial charge in [0.15, 0.2) is 5.39 Å². The highest BCUT2D eigenvalue weighted by atomic mass is 16.5. The lowest BCUT2D eigenvalue weighted by Crippen LogP contribution is -2.27. The van der Waals surface area contributed by atoms with E-state index >= 15 is 0 Å². The summed E-state index contributed by atoms with van der Waals surface area (Å²) < 4.78 is 17.6. The maximum atomic E-state index is 13.2. The summed E-state index contributed by atoms with van der Waals surface area (Å²) in [5.41, 5.74) is 0.0514. The van der Waals surface area contributed by atoms with Gasteiger partial charge in [-0.15, -0.1) is 6.58 Å². The number of rotatable bonds is 5. The number of allylic oxidation sites excluding steroid dienone is 1.